The van der Waals surface area contributed by atoms with Crippen LogP contribution in [0.3, 0.4) is 0 Å². The Morgan fingerprint density at radius 2 is 2.47 bits per heavy atom. The van der Waals surface area contributed by atoms with Crippen LogP contribution in [0, 0.1) is 0 Å². The summed E-state index contributed by atoms with van der Waals surface area (Å²) >= 11 is 0. The Hall–Kier alpha value is -0.610. The third kappa shape index (κ3) is 4.18. The molecular weight excluding hydrogens is 192 g/mol. The van der Waals surface area contributed by atoms with Crippen LogP contribution < -0.4 is 10.6 Å². The van der Waals surface area contributed by atoms with E-state index in [-0.39, 0.29) is 12.0 Å². The number of methoxy groups -OCH3 is 1. The average molecular weight is 214 g/mol. The minimum atomic E-state index is -0.290. The summed E-state index contributed by atoms with van der Waals surface area (Å²) in [4.78, 5) is 11.5. The molecule has 4 heteroatoms. The van der Waals surface area contributed by atoms with E-state index >= 15 is 0 Å². The average Bonchev–Trinajstić information content (AvgIpc) is 2.72. The van der Waals surface area contributed by atoms with Gasteiger partial charge in [0.15, 0.2) is 0 Å². The third-order valence-corrected chi connectivity index (χ3v) is 2.90. The quantitative estimate of drug-likeness (QED) is 0.683. The maximum atomic E-state index is 11.5. The third-order valence-electron chi connectivity index (χ3n) is 2.90. The molecule has 0 aromatic carbocycles. The molecule has 1 fully saturated rings. The van der Waals surface area contributed by atoms with Gasteiger partial charge in [-0.3, -0.25) is 4.79 Å². The number of carbonyl (C=O) groups excluding carboxylic acids is 1. The standard InChI is InChI=1S/C11H22N2O2/c1-3-10(15-2)11(14)13-8-6-9-5-4-7-12-9/h9-10,12H,3-8H2,1-2H3,(H,13,14)/t9-,10?/m1/s1. The second-order valence-electron chi connectivity index (χ2n) is 4.01. The van der Waals surface area contributed by atoms with E-state index in [4.69, 9.17) is 4.74 Å². The van der Waals surface area contributed by atoms with Gasteiger partial charge in [-0.15, -0.1) is 0 Å². The van der Waals surface area contributed by atoms with Gasteiger partial charge in [0.1, 0.15) is 6.10 Å². The van der Waals surface area contributed by atoms with Crippen LogP contribution in [0.1, 0.15) is 32.6 Å². The largest absolute Gasteiger partial charge is 0.372 e. The lowest BCUT2D eigenvalue weighted by atomic mass is 10.1. The fraction of sp³-hybridized carbons (Fsp3) is 0.909. The summed E-state index contributed by atoms with van der Waals surface area (Å²) in [6.45, 7) is 3.82. The minimum Gasteiger partial charge on any atom is -0.372 e. The van der Waals surface area contributed by atoms with Gasteiger partial charge in [0.25, 0.3) is 0 Å². The van der Waals surface area contributed by atoms with E-state index in [1.807, 2.05) is 6.92 Å². The van der Waals surface area contributed by atoms with Crippen molar-refractivity contribution in [2.75, 3.05) is 20.2 Å². The number of nitrogens with one attached hydrogen (secondary N) is 2. The lowest BCUT2D eigenvalue weighted by Crippen LogP contribution is -2.37. The Kier molecular flexibility index (Phi) is 5.65. The first-order chi connectivity index (χ1) is 7.27. The molecule has 1 aliphatic rings. The van der Waals surface area contributed by atoms with Crippen molar-refractivity contribution in [2.45, 2.75) is 44.8 Å². The van der Waals surface area contributed by atoms with Gasteiger partial charge in [0, 0.05) is 19.7 Å². The second kappa shape index (κ2) is 6.80. The van der Waals surface area contributed by atoms with E-state index in [0.29, 0.717) is 6.04 Å². The summed E-state index contributed by atoms with van der Waals surface area (Å²) in [5, 5.41) is 6.31. The van der Waals surface area contributed by atoms with E-state index in [1.54, 1.807) is 7.11 Å². The molecule has 1 aliphatic heterocycles. The first-order valence-electron chi connectivity index (χ1n) is 5.81. The number of hydrogen-bond acceptors (Lipinski definition) is 3. The molecule has 1 saturated heterocycles. The van der Waals surface area contributed by atoms with E-state index in [9.17, 15) is 4.79 Å². The molecule has 1 unspecified atom stereocenters. The number of ether oxygens (including phenoxy) is 1. The lowest BCUT2D eigenvalue weighted by molar-refractivity contribution is -0.131. The molecule has 1 heterocycles. The maximum Gasteiger partial charge on any atom is 0.249 e. The van der Waals surface area contributed by atoms with Crippen LogP contribution in [0.2, 0.25) is 0 Å². The molecule has 0 saturated carbocycles. The molecule has 15 heavy (non-hydrogen) atoms. The zero-order valence-corrected chi connectivity index (χ0v) is 9.71. The van der Waals surface area contributed by atoms with Gasteiger partial charge in [0.2, 0.25) is 5.91 Å². The van der Waals surface area contributed by atoms with Gasteiger partial charge in [-0.1, -0.05) is 6.92 Å². The van der Waals surface area contributed by atoms with Gasteiger partial charge in [-0.05, 0) is 32.2 Å². The number of hydrogen-bond donors (Lipinski definition) is 2. The number of carbonyl (C=O) groups is 1. The minimum absolute atomic E-state index is 0.0120. The van der Waals surface area contributed by atoms with Crippen LogP contribution in [0.25, 0.3) is 0 Å². The highest BCUT2D eigenvalue weighted by Crippen LogP contribution is 2.07. The number of amides is 1. The molecule has 0 aromatic rings. The molecular formula is C11H22N2O2. The van der Waals surface area contributed by atoms with E-state index in [2.05, 4.69) is 10.6 Å². The smallest absolute Gasteiger partial charge is 0.249 e. The van der Waals surface area contributed by atoms with Crippen LogP contribution in [-0.4, -0.2) is 38.3 Å². The molecule has 0 aliphatic carbocycles. The molecule has 0 spiro atoms. The van der Waals surface area contributed by atoms with Crippen molar-refractivity contribution in [1.82, 2.24) is 10.6 Å². The predicted octanol–water partition coefficient (Wildman–Crippen LogP) is 0.670. The van der Waals surface area contributed by atoms with Crippen LogP contribution in [-0.2, 0) is 9.53 Å². The molecule has 88 valence electrons. The van der Waals surface area contributed by atoms with Crippen LogP contribution in [0.5, 0.6) is 0 Å². The monoisotopic (exact) mass is 214 g/mol. The SMILES string of the molecule is CCC(OC)C(=O)NCC[C@H]1CCCN1. The molecule has 2 atom stereocenters. The van der Waals surface area contributed by atoms with Crippen LogP contribution in [0.15, 0.2) is 0 Å². The Labute approximate surface area is 91.8 Å². The number of rotatable bonds is 6. The highest BCUT2D eigenvalue weighted by atomic mass is 16.5. The Bertz CT molecular complexity index is 187. The Balaban J connectivity index is 2.10. The summed E-state index contributed by atoms with van der Waals surface area (Å²) < 4.78 is 5.06. The molecule has 4 nitrogen and oxygen atoms in total. The maximum absolute atomic E-state index is 11.5. The van der Waals surface area contributed by atoms with E-state index in [1.165, 1.54) is 12.8 Å². The van der Waals surface area contributed by atoms with Gasteiger partial charge >= 0.3 is 0 Å². The zero-order valence-electron chi connectivity index (χ0n) is 9.71. The van der Waals surface area contributed by atoms with Crippen molar-refractivity contribution in [3.8, 4) is 0 Å². The predicted molar refractivity (Wildman–Crippen MR) is 59.7 cm³/mol. The first-order valence-corrected chi connectivity index (χ1v) is 5.81. The molecule has 0 radical (unpaired) electrons. The zero-order chi connectivity index (χ0) is 11.1. The summed E-state index contributed by atoms with van der Waals surface area (Å²) in [5.41, 5.74) is 0. The van der Waals surface area contributed by atoms with Gasteiger partial charge in [-0.25, -0.2) is 0 Å². The van der Waals surface area contributed by atoms with Gasteiger partial charge < -0.3 is 15.4 Å². The fourth-order valence-corrected chi connectivity index (χ4v) is 1.95. The van der Waals surface area contributed by atoms with E-state index in [0.717, 1.165) is 25.9 Å². The summed E-state index contributed by atoms with van der Waals surface area (Å²) in [6, 6.07) is 0.591. The summed E-state index contributed by atoms with van der Waals surface area (Å²) in [6.07, 6.45) is 3.95. The summed E-state index contributed by atoms with van der Waals surface area (Å²) in [5.74, 6) is 0.0120. The highest BCUT2D eigenvalue weighted by molar-refractivity contribution is 5.80. The fourth-order valence-electron chi connectivity index (χ4n) is 1.95. The molecule has 0 aromatic heterocycles. The van der Waals surface area contributed by atoms with Gasteiger partial charge in [0.05, 0.1) is 0 Å². The van der Waals surface area contributed by atoms with Crippen LogP contribution >= 0.6 is 0 Å². The van der Waals surface area contributed by atoms with E-state index < -0.39 is 0 Å². The molecule has 0 bridgehead atoms. The highest BCUT2D eigenvalue weighted by Gasteiger charge is 2.16. The lowest BCUT2D eigenvalue weighted by Gasteiger charge is -2.14. The Morgan fingerprint density at radius 1 is 1.67 bits per heavy atom. The first kappa shape index (κ1) is 12.5. The topological polar surface area (TPSA) is 50.4 Å². The van der Waals surface area contributed by atoms with Crippen molar-refractivity contribution in [2.24, 2.45) is 0 Å². The second-order valence-corrected chi connectivity index (χ2v) is 4.01. The van der Waals surface area contributed by atoms with Crippen LogP contribution in [0.4, 0.5) is 0 Å². The Morgan fingerprint density at radius 3 is 3.00 bits per heavy atom. The molecule has 1 rings (SSSR count). The van der Waals surface area contributed by atoms with Crippen molar-refractivity contribution in [1.29, 1.82) is 0 Å². The van der Waals surface area contributed by atoms with Crippen molar-refractivity contribution >= 4 is 5.91 Å². The van der Waals surface area contributed by atoms with Crippen molar-refractivity contribution < 1.29 is 9.53 Å². The summed E-state index contributed by atoms with van der Waals surface area (Å²) in [7, 11) is 1.58. The van der Waals surface area contributed by atoms with Gasteiger partial charge in [-0.2, -0.15) is 0 Å². The molecule has 1 amide bonds. The normalized spacial score (nSPS) is 22.7. The molecule has 2 N–H and O–H groups in total. The van der Waals surface area contributed by atoms with Crippen molar-refractivity contribution in [3.05, 3.63) is 0 Å². The van der Waals surface area contributed by atoms with Crippen molar-refractivity contribution in [3.63, 3.8) is 0 Å².